The zero-order valence-corrected chi connectivity index (χ0v) is 7.83. The predicted molar refractivity (Wildman–Crippen MR) is 43.9 cm³/mol. The lowest BCUT2D eigenvalue weighted by molar-refractivity contribution is -0.252. The number of hydrogen-bond acceptors (Lipinski definition) is 7. The number of carbonyl (C=O) groups excluding carboxylic acids is 2. The van der Waals surface area contributed by atoms with Gasteiger partial charge < -0.3 is 19.8 Å². The second kappa shape index (κ2) is 3.76. The average molecular weight is 217 g/mol. The van der Waals surface area contributed by atoms with Crippen LogP contribution in [0.3, 0.4) is 0 Å². The fraction of sp³-hybridized carbons (Fsp3) is 0.750. The third kappa shape index (κ3) is 1.81. The summed E-state index contributed by atoms with van der Waals surface area (Å²) in [5.41, 5.74) is 0. The highest BCUT2D eigenvalue weighted by Gasteiger charge is 2.42. The number of rotatable bonds is 0. The van der Waals surface area contributed by atoms with Crippen LogP contribution in [0.15, 0.2) is 0 Å². The second-order valence-electron chi connectivity index (χ2n) is 3.47. The fourth-order valence-corrected chi connectivity index (χ4v) is 1.56. The third-order valence-corrected chi connectivity index (χ3v) is 2.39. The minimum absolute atomic E-state index is 0.451. The molecule has 7 nitrogen and oxygen atoms in total. The SMILES string of the molecule is O=C1OC2CCCN2OC(=O)C(O)C1O. The van der Waals surface area contributed by atoms with Crippen LogP contribution < -0.4 is 0 Å². The van der Waals surface area contributed by atoms with Crippen molar-refractivity contribution >= 4 is 11.9 Å². The summed E-state index contributed by atoms with van der Waals surface area (Å²) in [6.07, 6.45) is -3.15. The van der Waals surface area contributed by atoms with E-state index < -0.39 is 30.4 Å². The number of carbonyl (C=O) groups is 2. The van der Waals surface area contributed by atoms with Crippen molar-refractivity contribution in [1.29, 1.82) is 0 Å². The number of esters is 1. The van der Waals surface area contributed by atoms with Crippen molar-refractivity contribution in [2.24, 2.45) is 0 Å². The molecule has 0 bridgehead atoms. The largest absolute Gasteiger partial charge is 0.441 e. The molecule has 2 heterocycles. The Bertz CT molecular complexity index is 265. The summed E-state index contributed by atoms with van der Waals surface area (Å²) in [6.45, 7) is 0.451. The van der Waals surface area contributed by atoms with Gasteiger partial charge in [-0.3, -0.25) is 0 Å². The van der Waals surface area contributed by atoms with E-state index in [0.717, 1.165) is 6.42 Å². The molecule has 0 amide bonds. The highest BCUT2D eigenvalue weighted by molar-refractivity contribution is 5.85. The molecule has 0 spiro atoms. The Kier molecular flexibility index (Phi) is 2.59. The van der Waals surface area contributed by atoms with E-state index in [1.54, 1.807) is 0 Å². The van der Waals surface area contributed by atoms with Gasteiger partial charge in [0.15, 0.2) is 18.4 Å². The van der Waals surface area contributed by atoms with Crippen molar-refractivity contribution in [3.05, 3.63) is 0 Å². The van der Waals surface area contributed by atoms with Gasteiger partial charge in [-0.15, -0.1) is 0 Å². The number of aliphatic hydroxyl groups excluding tert-OH is 2. The molecule has 84 valence electrons. The van der Waals surface area contributed by atoms with Crippen LogP contribution in [0, 0.1) is 0 Å². The number of hydroxylamine groups is 2. The monoisotopic (exact) mass is 217 g/mol. The van der Waals surface area contributed by atoms with Gasteiger partial charge in [0.25, 0.3) is 0 Å². The average Bonchev–Trinajstić information content (AvgIpc) is 2.62. The molecule has 2 fully saturated rings. The van der Waals surface area contributed by atoms with Crippen LogP contribution in [0.4, 0.5) is 0 Å². The zero-order valence-electron chi connectivity index (χ0n) is 7.83. The van der Waals surface area contributed by atoms with Crippen LogP contribution in [-0.2, 0) is 19.2 Å². The van der Waals surface area contributed by atoms with E-state index >= 15 is 0 Å². The number of hydrogen-bond donors (Lipinski definition) is 2. The van der Waals surface area contributed by atoms with Gasteiger partial charge in [0.05, 0.1) is 0 Å². The van der Waals surface area contributed by atoms with Crippen LogP contribution in [0.1, 0.15) is 12.8 Å². The first-order valence-electron chi connectivity index (χ1n) is 4.64. The van der Waals surface area contributed by atoms with Gasteiger partial charge in [-0.25, -0.2) is 9.59 Å². The topological polar surface area (TPSA) is 96.3 Å². The molecule has 15 heavy (non-hydrogen) atoms. The Hall–Kier alpha value is -1.18. The van der Waals surface area contributed by atoms with Crippen LogP contribution in [0.5, 0.6) is 0 Å². The molecule has 0 aromatic carbocycles. The summed E-state index contributed by atoms with van der Waals surface area (Å²) >= 11 is 0. The van der Waals surface area contributed by atoms with Gasteiger partial charge in [0.1, 0.15) is 0 Å². The minimum Gasteiger partial charge on any atom is -0.441 e. The number of aliphatic hydroxyl groups is 2. The summed E-state index contributed by atoms with van der Waals surface area (Å²) in [6, 6.07) is 0. The molecule has 2 aliphatic heterocycles. The maximum atomic E-state index is 11.2. The molecule has 2 aliphatic rings. The lowest BCUT2D eigenvalue weighted by Crippen LogP contribution is -2.50. The molecule has 2 N–H and O–H groups in total. The molecular formula is C8H11NO6. The highest BCUT2D eigenvalue weighted by Crippen LogP contribution is 2.22. The Morgan fingerprint density at radius 3 is 2.60 bits per heavy atom. The highest BCUT2D eigenvalue weighted by atomic mass is 16.8. The van der Waals surface area contributed by atoms with Gasteiger partial charge in [-0.05, 0) is 6.42 Å². The molecule has 7 heteroatoms. The minimum atomic E-state index is -1.89. The van der Waals surface area contributed by atoms with Crippen LogP contribution >= 0.6 is 0 Å². The Labute approximate surface area is 85.1 Å². The van der Waals surface area contributed by atoms with E-state index in [1.807, 2.05) is 0 Å². The first-order valence-corrected chi connectivity index (χ1v) is 4.64. The lowest BCUT2D eigenvalue weighted by Gasteiger charge is -2.28. The van der Waals surface area contributed by atoms with Crippen LogP contribution in [0.25, 0.3) is 0 Å². The second-order valence-corrected chi connectivity index (χ2v) is 3.47. The van der Waals surface area contributed by atoms with Crippen molar-refractivity contribution in [3.8, 4) is 0 Å². The van der Waals surface area contributed by atoms with E-state index in [9.17, 15) is 19.8 Å². The molecule has 0 aliphatic carbocycles. The van der Waals surface area contributed by atoms with Crippen LogP contribution in [-0.4, -0.2) is 52.2 Å². The van der Waals surface area contributed by atoms with Gasteiger partial charge >= 0.3 is 11.9 Å². The molecular weight excluding hydrogens is 206 g/mol. The van der Waals surface area contributed by atoms with Crippen molar-refractivity contribution < 1.29 is 29.4 Å². The Morgan fingerprint density at radius 2 is 1.87 bits per heavy atom. The smallest absolute Gasteiger partial charge is 0.357 e. The van der Waals surface area contributed by atoms with Crippen molar-refractivity contribution in [3.63, 3.8) is 0 Å². The molecule has 0 saturated carbocycles. The summed E-state index contributed by atoms with van der Waals surface area (Å²) < 4.78 is 4.85. The van der Waals surface area contributed by atoms with Crippen LogP contribution in [0.2, 0.25) is 0 Å². The number of ether oxygens (including phenoxy) is 1. The van der Waals surface area contributed by atoms with E-state index in [0.29, 0.717) is 13.0 Å². The Morgan fingerprint density at radius 1 is 1.20 bits per heavy atom. The molecule has 3 atom stereocenters. The van der Waals surface area contributed by atoms with Crippen molar-refractivity contribution in [1.82, 2.24) is 5.06 Å². The zero-order chi connectivity index (χ0) is 11.0. The van der Waals surface area contributed by atoms with E-state index in [2.05, 4.69) is 0 Å². The standard InChI is InChI=1S/C8H11NO6/c10-5-6(11)8(13)15-9-3-1-2-4(9)14-7(5)12/h4-6,10-11H,1-3H2. The quantitative estimate of drug-likeness (QED) is 0.459. The van der Waals surface area contributed by atoms with Crippen molar-refractivity contribution in [2.75, 3.05) is 6.54 Å². The maximum absolute atomic E-state index is 11.2. The van der Waals surface area contributed by atoms with Crippen molar-refractivity contribution in [2.45, 2.75) is 31.3 Å². The van der Waals surface area contributed by atoms with Gasteiger partial charge in [0.2, 0.25) is 0 Å². The summed E-state index contributed by atoms with van der Waals surface area (Å²) in [7, 11) is 0. The molecule has 3 unspecified atom stereocenters. The van der Waals surface area contributed by atoms with E-state index in [-0.39, 0.29) is 0 Å². The molecule has 2 saturated heterocycles. The molecule has 2 rings (SSSR count). The first-order chi connectivity index (χ1) is 7.09. The van der Waals surface area contributed by atoms with E-state index in [1.165, 1.54) is 5.06 Å². The normalized spacial score (nSPS) is 37.6. The molecule has 0 aromatic heterocycles. The predicted octanol–water partition coefficient (Wildman–Crippen LogP) is -1.85. The first kappa shape index (κ1) is 10.3. The van der Waals surface area contributed by atoms with Gasteiger partial charge in [-0.2, -0.15) is 0 Å². The lowest BCUT2D eigenvalue weighted by atomic mass is 10.2. The summed E-state index contributed by atoms with van der Waals surface area (Å²) in [5, 5.41) is 19.6. The third-order valence-electron chi connectivity index (χ3n) is 2.39. The maximum Gasteiger partial charge on any atom is 0.357 e. The summed E-state index contributed by atoms with van der Waals surface area (Å²) in [4.78, 5) is 27.1. The Balaban J connectivity index is 2.17. The molecule has 0 aromatic rings. The fourth-order valence-electron chi connectivity index (χ4n) is 1.56. The summed E-state index contributed by atoms with van der Waals surface area (Å²) in [5.74, 6) is -2.04. The van der Waals surface area contributed by atoms with Gasteiger partial charge in [0, 0.05) is 13.0 Å². The molecule has 0 radical (unpaired) electrons. The van der Waals surface area contributed by atoms with Gasteiger partial charge in [-0.1, -0.05) is 5.06 Å². The number of nitrogens with zero attached hydrogens (tertiary/aromatic N) is 1. The number of fused-ring (bicyclic) bond motifs is 1. The van der Waals surface area contributed by atoms with E-state index in [4.69, 9.17) is 9.57 Å².